The van der Waals surface area contributed by atoms with Gasteiger partial charge in [0.2, 0.25) is 0 Å². The first-order chi connectivity index (χ1) is 6.31. The van der Waals surface area contributed by atoms with E-state index in [2.05, 4.69) is 5.32 Å². The maximum atomic E-state index is 10.8. The molecule has 0 aromatic rings. The maximum absolute atomic E-state index is 10.8. The molecule has 0 aliphatic heterocycles. The highest BCUT2D eigenvalue weighted by atomic mass is 16.4. The minimum Gasteiger partial charge on any atom is -0.481 e. The van der Waals surface area contributed by atoms with Crippen molar-refractivity contribution in [2.45, 2.75) is 33.7 Å². The molecule has 0 bridgehead atoms. The molecule has 0 rings (SSSR count). The third-order valence-electron chi connectivity index (χ3n) is 2.39. The smallest absolute Gasteiger partial charge is 0.310 e. The van der Waals surface area contributed by atoms with Gasteiger partial charge in [-0.05, 0) is 19.8 Å². The largest absolute Gasteiger partial charge is 0.481 e. The van der Waals surface area contributed by atoms with Crippen molar-refractivity contribution < 1.29 is 15.0 Å². The van der Waals surface area contributed by atoms with Gasteiger partial charge in [0.15, 0.2) is 0 Å². The Kier molecular flexibility index (Phi) is 5.08. The molecule has 0 aliphatic carbocycles. The summed E-state index contributed by atoms with van der Waals surface area (Å²) in [5, 5.41) is 20.9. The number of carboxylic acids is 1. The van der Waals surface area contributed by atoms with Crippen LogP contribution in [0.25, 0.3) is 0 Å². The number of rotatable bonds is 6. The molecule has 0 radical (unpaired) electrons. The van der Waals surface area contributed by atoms with Gasteiger partial charge < -0.3 is 15.5 Å². The van der Waals surface area contributed by atoms with Crippen LogP contribution in [0.15, 0.2) is 0 Å². The van der Waals surface area contributed by atoms with E-state index in [1.54, 1.807) is 13.8 Å². The summed E-state index contributed by atoms with van der Waals surface area (Å²) in [5.41, 5.74) is -0.789. The molecule has 3 N–H and O–H groups in total. The van der Waals surface area contributed by atoms with Crippen LogP contribution in [0.2, 0.25) is 0 Å². The first kappa shape index (κ1) is 13.4. The molecule has 0 aliphatic rings. The number of aliphatic carboxylic acids is 1. The van der Waals surface area contributed by atoms with E-state index < -0.39 is 11.4 Å². The summed E-state index contributed by atoms with van der Waals surface area (Å²) in [7, 11) is 0. The van der Waals surface area contributed by atoms with Gasteiger partial charge in [0.25, 0.3) is 0 Å². The van der Waals surface area contributed by atoms with Gasteiger partial charge in [0, 0.05) is 12.6 Å². The molecule has 0 aromatic carbocycles. The molecular weight excluding hydrogens is 182 g/mol. The molecule has 4 heteroatoms. The summed E-state index contributed by atoms with van der Waals surface area (Å²) in [4.78, 5) is 10.8. The molecule has 0 amide bonds. The zero-order valence-electron chi connectivity index (χ0n) is 9.37. The van der Waals surface area contributed by atoms with Gasteiger partial charge >= 0.3 is 5.97 Å². The van der Waals surface area contributed by atoms with Crippen molar-refractivity contribution in [3.05, 3.63) is 0 Å². The molecule has 0 saturated heterocycles. The zero-order valence-corrected chi connectivity index (χ0v) is 9.37. The highest BCUT2D eigenvalue weighted by Gasteiger charge is 2.28. The van der Waals surface area contributed by atoms with E-state index in [1.807, 2.05) is 13.8 Å². The van der Waals surface area contributed by atoms with Crippen molar-refractivity contribution in [1.29, 1.82) is 0 Å². The SMILES string of the molecule is CC(C)C(CO)NCC(C)(C)C(=O)O. The van der Waals surface area contributed by atoms with Crippen LogP contribution < -0.4 is 5.32 Å². The predicted octanol–water partition coefficient (Wildman–Crippen LogP) is 0.704. The molecular formula is C10H21NO3. The molecule has 84 valence electrons. The van der Waals surface area contributed by atoms with Crippen LogP contribution >= 0.6 is 0 Å². The highest BCUT2D eigenvalue weighted by molar-refractivity contribution is 5.73. The Hall–Kier alpha value is -0.610. The van der Waals surface area contributed by atoms with Crippen LogP contribution in [-0.2, 0) is 4.79 Å². The standard InChI is InChI=1S/C10H21NO3/c1-7(2)8(5-12)11-6-10(3,4)9(13)14/h7-8,11-12H,5-6H2,1-4H3,(H,13,14). The lowest BCUT2D eigenvalue weighted by Crippen LogP contribution is -2.44. The molecule has 1 unspecified atom stereocenters. The van der Waals surface area contributed by atoms with Gasteiger partial charge in [-0.2, -0.15) is 0 Å². The number of aliphatic hydroxyl groups excluding tert-OH is 1. The number of hydrogen-bond donors (Lipinski definition) is 3. The first-order valence-electron chi connectivity index (χ1n) is 4.89. The Labute approximate surface area is 85.3 Å². The van der Waals surface area contributed by atoms with E-state index in [4.69, 9.17) is 10.2 Å². The van der Waals surface area contributed by atoms with Gasteiger partial charge in [-0.3, -0.25) is 4.79 Å². The monoisotopic (exact) mass is 203 g/mol. The number of nitrogens with one attached hydrogen (secondary N) is 1. The first-order valence-corrected chi connectivity index (χ1v) is 4.89. The molecule has 0 saturated carbocycles. The highest BCUT2D eigenvalue weighted by Crippen LogP contribution is 2.14. The third-order valence-corrected chi connectivity index (χ3v) is 2.39. The van der Waals surface area contributed by atoms with Crippen LogP contribution in [0.4, 0.5) is 0 Å². The van der Waals surface area contributed by atoms with E-state index in [1.165, 1.54) is 0 Å². The molecule has 1 atom stereocenters. The average Bonchev–Trinajstić information content (AvgIpc) is 2.04. The third kappa shape index (κ3) is 4.07. The van der Waals surface area contributed by atoms with E-state index in [9.17, 15) is 4.79 Å². The summed E-state index contributed by atoms with van der Waals surface area (Å²) < 4.78 is 0. The predicted molar refractivity (Wildman–Crippen MR) is 55.1 cm³/mol. The van der Waals surface area contributed by atoms with E-state index >= 15 is 0 Å². The van der Waals surface area contributed by atoms with Gasteiger partial charge in [0.1, 0.15) is 0 Å². The summed E-state index contributed by atoms with van der Waals surface area (Å²) in [6, 6.07) is -0.0337. The van der Waals surface area contributed by atoms with Crippen molar-refractivity contribution >= 4 is 5.97 Å². The lowest BCUT2D eigenvalue weighted by Gasteiger charge is -2.26. The molecule has 0 spiro atoms. The van der Waals surface area contributed by atoms with E-state index in [0.717, 1.165) is 0 Å². The lowest BCUT2D eigenvalue weighted by atomic mass is 9.92. The fourth-order valence-corrected chi connectivity index (χ4v) is 0.973. The lowest BCUT2D eigenvalue weighted by molar-refractivity contribution is -0.146. The Bertz CT molecular complexity index is 190. The molecule has 0 fully saturated rings. The molecule has 4 nitrogen and oxygen atoms in total. The van der Waals surface area contributed by atoms with E-state index in [-0.39, 0.29) is 12.6 Å². The summed E-state index contributed by atoms with van der Waals surface area (Å²) >= 11 is 0. The Morgan fingerprint density at radius 2 is 1.93 bits per heavy atom. The van der Waals surface area contributed by atoms with Crippen molar-refractivity contribution in [1.82, 2.24) is 5.32 Å². The Morgan fingerprint density at radius 3 is 2.21 bits per heavy atom. The fraction of sp³-hybridized carbons (Fsp3) is 0.900. The molecule has 0 heterocycles. The number of carbonyl (C=O) groups is 1. The summed E-state index contributed by atoms with van der Waals surface area (Å²) in [6.07, 6.45) is 0. The normalized spacial score (nSPS) is 14.4. The summed E-state index contributed by atoms with van der Waals surface area (Å²) in [6.45, 7) is 7.70. The average molecular weight is 203 g/mol. The number of carboxylic acid groups (broad SMARTS) is 1. The van der Waals surface area contributed by atoms with Crippen LogP contribution in [0.3, 0.4) is 0 Å². The second kappa shape index (κ2) is 5.32. The minimum absolute atomic E-state index is 0.0337. The van der Waals surface area contributed by atoms with Crippen LogP contribution in [0.5, 0.6) is 0 Å². The van der Waals surface area contributed by atoms with Crippen molar-refractivity contribution in [2.75, 3.05) is 13.2 Å². The van der Waals surface area contributed by atoms with Gasteiger partial charge in [-0.15, -0.1) is 0 Å². The maximum Gasteiger partial charge on any atom is 0.310 e. The van der Waals surface area contributed by atoms with Crippen LogP contribution in [0, 0.1) is 11.3 Å². The Morgan fingerprint density at radius 1 is 1.43 bits per heavy atom. The van der Waals surface area contributed by atoms with Gasteiger partial charge in [-0.1, -0.05) is 13.8 Å². The second-order valence-corrected chi connectivity index (χ2v) is 4.60. The minimum atomic E-state index is -0.828. The van der Waals surface area contributed by atoms with E-state index in [0.29, 0.717) is 12.5 Å². The summed E-state index contributed by atoms with van der Waals surface area (Å²) in [5.74, 6) is -0.532. The zero-order chi connectivity index (χ0) is 11.4. The fourth-order valence-electron chi connectivity index (χ4n) is 0.973. The number of aliphatic hydroxyl groups is 1. The van der Waals surface area contributed by atoms with Crippen molar-refractivity contribution in [3.8, 4) is 0 Å². The molecule has 0 aromatic heterocycles. The van der Waals surface area contributed by atoms with Crippen molar-refractivity contribution in [2.24, 2.45) is 11.3 Å². The second-order valence-electron chi connectivity index (χ2n) is 4.60. The number of hydrogen-bond acceptors (Lipinski definition) is 3. The topological polar surface area (TPSA) is 69.6 Å². The Balaban J connectivity index is 4.09. The van der Waals surface area contributed by atoms with Gasteiger partial charge in [0.05, 0.1) is 12.0 Å². The van der Waals surface area contributed by atoms with Crippen molar-refractivity contribution in [3.63, 3.8) is 0 Å². The van der Waals surface area contributed by atoms with Gasteiger partial charge in [-0.25, -0.2) is 0 Å². The quantitative estimate of drug-likeness (QED) is 0.594. The van der Waals surface area contributed by atoms with Crippen LogP contribution in [0.1, 0.15) is 27.7 Å². The van der Waals surface area contributed by atoms with Crippen LogP contribution in [-0.4, -0.2) is 35.4 Å². The molecule has 14 heavy (non-hydrogen) atoms.